The van der Waals surface area contributed by atoms with Gasteiger partial charge >= 0.3 is 0 Å². The molecule has 1 unspecified atom stereocenters. The van der Waals surface area contributed by atoms with Gasteiger partial charge in [-0.3, -0.25) is 4.98 Å². The number of anilines is 1. The normalized spacial score (nSPS) is 18.3. The zero-order valence-electron chi connectivity index (χ0n) is 11.7. The average molecular weight is 409 g/mol. The maximum atomic E-state index is 14.1. The predicted octanol–water partition coefficient (Wildman–Crippen LogP) is 3.21. The first kappa shape index (κ1) is 13.9. The van der Waals surface area contributed by atoms with Gasteiger partial charge in [-0.15, -0.1) is 0 Å². The van der Waals surface area contributed by atoms with E-state index in [2.05, 4.69) is 37.6 Å². The summed E-state index contributed by atoms with van der Waals surface area (Å²) < 4.78 is 16.8. The molecule has 1 atom stereocenters. The summed E-state index contributed by atoms with van der Waals surface area (Å²) in [6.07, 6.45) is 7.21. The van der Waals surface area contributed by atoms with E-state index >= 15 is 0 Å². The molecule has 0 aromatic carbocycles. The lowest BCUT2D eigenvalue weighted by Crippen LogP contribution is -2.25. The molecule has 5 nitrogen and oxygen atoms in total. The van der Waals surface area contributed by atoms with Crippen LogP contribution < -0.4 is 4.90 Å². The van der Waals surface area contributed by atoms with Crippen LogP contribution >= 0.6 is 22.6 Å². The summed E-state index contributed by atoms with van der Waals surface area (Å²) >= 11 is 2.22. The molecule has 4 heterocycles. The van der Waals surface area contributed by atoms with Crippen molar-refractivity contribution in [1.82, 2.24) is 19.6 Å². The smallest absolute Gasteiger partial charge is 0.170 e. The van der Waals surface area contributed by atoms with Crippen LogP contribution in [0.1, 0.15) is 24.6 Å². The van der Waals surface area contributed by atoms with Gasteiger partial charge in [0, 0.05) is 18.9 Å². The Morgan fingerprint density at radius 2 is 2.23 bits per heavy atom. The van der Waals surface area contributed by atoms with Crippen molar-refractivity contribution in [2.45, 2.75) is 18.9 Å². The fraction of sp³-hybridized carbons (Fsp3) is 0.267. The molecule has 1 aliphatic heterocycles. The van der Waals surface area contributed by atoms with Gasteiger partial charge < -0.3 is 4.90 Å². The van der Waals surface area contributed by atoms with Gasteiger partial charge in [0.25, 0.3) is 0 Å². The molecule has 3 aromatic rings. The summed E-state index contributed by atoms with van der Waals surface area (Å²) in [4.78, 5) is 11.1. The zero-order chi connectivity index (χ0) is 15.1. The molecule has 0 amide bonds. The summed E-state index contributed by atoms with van der Waals surface area (Å²) in [5.74, 6) is 0.595. The monoisotopic (exact) mass is 409 g/mol. The molecule has 7 heteroatoms. The third-order valence-corrected chi connectivity index (χ3v) is 4.72. The van der Waals surface area contributed by atoms with Crippen LogP contribution in [0.25, 0.3) is 5.65 Å². The fourth-order valence-electron chi connectivity index (χ4n) is 2.96. The zero-order valence-corrected chi connectivity index (χ0v) is 13.8. The Balaban J connectivity index is 1.76. The minimum Gasteiger partial charge on any atom is -0.348 e. The van der Waals surface area contributed by atoms with Gasteiger partial charge in [0.05, 0.1) is 21.5 Å². The molecule has 0 saturated carbocycles. The number of pyridine rings is 1. The molecular weight excluding hydrogens is 396 g/mol. The summed E-state index contributed by atoms with van der Waals surface area (Å²) in [6, 6.07) is 4.96. The number of nitrogens with zero attached hydrogens (tertiary/aromatic N) is 5. The van der Waals surface area contributed by atoms with Crippen LogP contribution in [0.3, 0.4) is 0 Å². The molecule has 4 rings (SSSR count). The van der Waals surface area contributed by atoms with E-state index in [0.717, 1.165) is 34.4 Å². The maximum absolute atomic E-state index is 14.1. The largest absolute Gasteiger partial charge is 0.348 e. The van der Waals surface area contributed by atoms with E-state index in [-0.39, 0.29) is 11.9 Å². The molecule has 0 aliphatic carbocycles. The minimum atomic E-state index is -0.251. The van der Waals surface area contributed by atoms with Gasteiger partial charge in [-0.1, -0.05) is 0 Å². The molecule has 0 spiro atoms. The highest BCUT2D eigenvalue weighted by molar-refractivity contribution is 14.1. The first-order valence-electron chi connectivity index (χ1n) is 7.11. The number of hydrogen-bond acceptors (Lipinski definition) is 4. The third kappa shape index (κ3) is 2.23. The van der Waals surface area contributed by atoms with Gasteiger partial charge in [0.1, 0.15) is 11.6 Å². The van der Waals surface area contributed by atoms with E-state index in [0.29, 0.717) is 5.69 Å². The number of fused-ring (bicyclic) bond motifs is 1. The Morgan fingerprint density at radius 1 is 1.32 bits per heavy atom. The summed E-state index contributed by atoms with van der Waals surface area (Å²) in [7, 11) is 0. The molecule has 1 saturated heterocycles. The van der Waals surface area contributed by atoms with Crippen LogP contribution in [-0.4, -0.2) is 26.1 Å². The lowest BCUT2D eigenvalue weighted by atomic mass is 10.1. The molecule has 22 heavy (non-hydrogen) atoms. The minimum absolute atomic E-state index is 0.0586. The van der Waals surface area contributed by atoms with Gasteiger partial charge in [-0.05, 0) is 53.6 Å². The second-order valence-electron chi connectivity index (χ2n) is 5.27. The third-order valence-electron chi connectivity index (χ3n) is 3.96. The van der Waals surface area contributed by atoms with Crippen molar-refractivity contribution in [2.24, 2.45) is 0 Å². The lowest BCUT2D eigenvalue weighted by molar-refractivity contribution is 0.562. The fourth-order valence-corrected chi connectivity index (χ4v) is 3.45. The van der Waals surface area contributed by atoms with Crippen molar-refractivity contribution < 1.29 is 4.39 Å². The van der Waals surface area contributed by atoms with Gasteiger partial charge in [0.2, 0.25) is 0 Å². The molecular formula is C15H13FIN5. The van der Waals surface area contributed by atoms with Crippen molar-refractivity contribution >= 4 is 34.1 Å². The van der Waals surface area contributed by atoms with Crippen LogP contribution in [0.4, 0.5) is 10.2 Å². The SMILES string of the molecule is Fc1cccnc1C1CCCN1c1ccn2ncc(I)c2n1. The van der Waals surface area contributed by atoms with E-state index in [4.69, 9.17) is 4.98 Å². The summed E-state index contributed by atoms with van der Waals surface area (Å²) in [5.41, 5.74) is 1.33. The Kier molecular flexibility index (Phi) is 3.44. The number of rotatable bonds is 2. The maximum Gasteiger partial charge on any atom is 0.170 e. The van der Waals surface area contributed by atoms with Crippen molar-refractivity contribution in [3.05, 3.63) is 51.9 Å². The Bertz CT molecular complexity index is 834. The van der Waals surface area contributed by atoms with Crippen molar-refractivity contribution in [3.63, 3.8) is 0 Å². The van der Waals surface area contributed by atoms with Crippen LogP contribution in [0.5, 0.6) is 0 Å². The number of hydrogen-bond donors (Lipinski definition) is 0. The molecule has 0 bridgehead atoms. The second kappa shape index (κ2) is 5.45. The van der Waals surface area contributed by atoms with E-state index in [1.807, 2.05) is 12.3 Å². The highest BCUT2D eigenvalue weighted by Crippen LogP contribution is 2.35. The van der Waals surface area contributed by atoms with E-state index < -0.39 is 0 Å². The second-order valence-corrected chi connectivity index (χ2v) is 6.43. The van der Waals surface area contributed by atoms with Gasteiger partial charge in [0.15, 0.2) is 5.65 Å². The predicted molar refractivity (Wildman–Crippen MR) is 89.2 cm³/mol. The molecule has 112 valence electrons. The Morgan fingerprint density at radius 3 is 3.09 bits per heavy atom. The molecule has 0 radical (unpaired) electrons. The van der Waals surface area contributed by atoms with Crippen LogP contribution in [-0.2, 0) is 0 Å². The molecule has 1 aliphatic rings. The van der Waals surface area contributed by atoms with Crippen LogP contribution in [0.15, 0.2) is 36.8 Å². The first-order chi connectivity index (χ1) is 10.7. The Labute approximate surface area is 140 Å². The quantitative estimate of drug-likeness (QED) is 0.610. The highest BCUT2D eigenvalue weighted by atomic mass is 127. The first-order valence-corrected chi connectivity index (χ1v) is 8.19. The molecule has 3 aromatic heterocycles. The van der Waals surface area contributed by atoms with E-state index in [1.165, 1.54) is 6.07 Å². The van der Waals surface area contributed by atoms with Crippen molar-refractivity contribution in [3.8, 4) is 0 Å². The standard InChI is InChI=1S/C15H13FIN5/c16-10-3-1-6-18-14(10)12-4-2-7-21(12)13-5-8-22-15(20-13)11(17)9-19-22/h1,3,5-6,8-9,12H,2,4,7H2. The Hall–Kier alpha value is -1.77. The van der Waals surface area contributed by atoms with Crippen molar-refractivity contribution in [2.75, 3.05) is 11.4 Å². The molecule has 0 N–H and O–H groups in total. The number of aromatic nitrogens is 4. The average Bonchev–Trinajstić information content (AvgIpc) is 3.15. The lowest BCUT2D eigenvalue weighted by Gasteiger charge is -2.25. The molecule has 1 fully saturated rings. The summed E-state index contributed by atoms with van der Waals surface area (Å²) in [6.45, 7) is 0.856. The van der Waals surface area contributed by atoms with Crippen LogP contribution in [0, 0.1) is 9.39 Å². The van der Waals surface area contributed by atoms with E-state index in [1.54, 1.807) is 23.0 Å². The van der Waals surface area contributed by atoms with Crippen LogP contribution in [0.2, 0.25) is 0 Å². The number of halogens is 2. The summed E-state index contributed by atoms with van der Waals surface area (Å²) in [5, 5.41) is 4.23. The topological polar surface area (TPSA) is 46.3 Å². The van der Waals surface area contributed by atoms with Gasteiger partial charge in [-0.2, -0.15) is 5.10 Å². The van der Waals surface area contributed by atoms with Crippen molar-refractivity contribution in [1.29, 1.82) is 0 Å². The highest BCUT2D eigenvalue weighted by Gasteiger charge is 2.30. The van der Waals surface area contributed by atoms with E-state index in [9.17, 15) is 4.39 Å². The van der Waals surface area contributed by atoms with Gasteiger partial charge in [-0.25, -0.2) is 13.9 Å².